The smallest absolute Gasteiger partial charge is 0.317 e. The van der Waals surface area contributed by atoms with Gasteiger partial charge in [0, 0.05) is 13.1 Å². The van der Waals surface area contributed by atoms with Crippen LogP contribution < -0.4 is 5.32 Å². The molecular formula is C18H24N2O3. The molecule has 1 unspecified atom stereocenters. The molecule has 124 valence electrons. The Morgan fingerprint density at radius 1 is 1.35 bits per heavy atom. The minimum atomic E-state index is -0.748. The maximum atomic E-state index is 12.5. The van der Waals surface area contributed by atoms with E-state index in [4.69, 9.17) is 0 Å². The lowest BCUT2D eigenvalue weighted by molar-refractivity contribution is -0.149. The van der Waals surface area contributed by atoms with Gasteiger partial charge in [-0.25, -0.2) is 4.79 Å². The molecule has 1 heterocycles. The highest BCUT2D eigenvalue weighted by Gasteiger charge is 2.55. The number of fused-ring (bicyclic) bond motifs is 1. The predicted octanol–water partition coefficient (Wildman–Crippen LogP) is 2.95. The maximum absolute atomic E-state index is 12.5. The number of carbonyl (C=O) groups is 2. The van der Waals surface area contributed by atoms with Crippen molar-refractivity contribution in [2.75, 3.05) is 13.1 Å². The molecule has 5 heteroatoms. The summed E-state index contributed by atoms with van der Waals surface area (Å²) in [5.41, 5.74) is 1.52. The van der Waals surface area contributed by atoms with E-state index in [1.54, 1.807) is 4.90 Å². The summed E-state index contributed by atoms with van der Waals surface area (Å²) in [7, 11) is 0. The van der Waals surface area contributed by atoms with Crippen LogP contribution in [0.3, 0.4) is 0 Å². The summed E-state index contributed by atoms with van der Waals surface area (Å²) in [6.07, 6.45) is 2.54. The molecule has 2 fully saturated rings. The van der Waals surface area contributed by atoms with Gasteiger partial charge in [-0.15, -0.1) is 0 Å². The van der Waals surface area contributed by atoms with Gasteiger partial charge < -0.3 is 15.3 Å². The highest BCUT2D eigenvalue weighted by molar-refractivity contribution is 5.80. The van der Waals surface area contributed by atoms with Crippen molar-refractivity contribution in [3.05, 3.63) is 35.4 Å². The fraction of sp³-hybridized carbons (Fsp3) is 0.556. The number of carboxylic acid groups (broad SMARTS) is 1. The zero-order valence-electron chi connectivity index (χ0n) is 13.7. The van der Waals surface area contributed by atoms with Crippen LogP contribution in [0.15, 0.2) is 24.3 Å². The predicted molar refractivity (Wildman–Crippen MR) is 87.1 cm³/mol. The number of aryl methyl sites for hydroxylation is 1. The first-order chi connectivity index (χ1) is 10.9. The van der Waals surface area contributed by atoms with Crippen molar-refractivity contribution in [2.45, 2.75) is 39.2 Å². The van der Waals surface area contributed by atoms with Gasteiger partial charge >= 0.3 is 12.0 Å². The van der Waals surface area contributed by atoms with E-state index in [-0.39, 0.29) is 18.0 Å². The second-order valence-corrected chi connectivity index (χ2v) is 7.01. The third-order valence-electron chi connectivity index (χ3n) is 5.50. The molecule has 1 aromatic rings. The highest BCUT2D eigenvalue weighted by atomic mass is 16.4. The van der Waals surface area contributed by atoms with E-state index in [9.17, 15) is 14.7 Å². The van der Waals surface area contributed by atoms with Crippen molar-refractivity contribution < 1.29 is 14.7 Å². The molecule has 3 atom stereocenters. The molecule has 1 aliphatic heterocycles. The van der Waals surface area contributed by atoms with Gasteiger partial charge in [-0.1, -0.05) is 36.2 Å². The minimum absolute atomic E-state index is 0.0932. The van der Waals surface area contributed by atoms with Crippen LogP contribution in [0.4, 0.5) is 4.79 Å². The number of hydrogen-bond acceptors (Lipinski definition) is 2. The number of nitrogens with one attached hydrogen (secondary N) is 1. The number of nitrogens with zero attached hydrogens (tertiary/aromatic N) is 1. The number of carbonyl (C=O) groups excluding carboxylic acids is 1. The van der Waals surface area contributed by atoms with Crippen molar-refractivity contribution in [2.24, 2.45) is 11.3 Å². The maximum Gasteiger partial charge on any atom is 0.317 e. The third kappa shape index (κ3) is 2.80. The Balaban J connectivity index is 1.65. The summed E-state index contributed by atoms with van der Waals surface area (Å²) < 4.78 is 0. The number of benzene rings is 1. The lowest BCUT2D eigenvalue weighted by Crippen LogP contribution is -2.42. The topological polar surface area (TPSA) is 69.6 Å². The first-order valence-electron chi connectivity index (χ1n) is 8.28. The van der Waals surface area contributed by atoms with Crippen molar-refractivity contribution in [1.29, 1.82) is 0 Å². The number of urea groups is 1. The summed E-state index contributed by atoms with van der Waals surface area (Å²) in [5, 5.41) is 12.6. The van der Waals surface area contributed by atoms with Crippen LogP contribution >= 0.6 is 0 Å². The lowest BCUT2D eigenvalue weighted by atomic mass is 9.81. The quantitative estimate of drug-likeness (QED) is 0.901. The van der Waals surface area contributed by atoms with Crippen LogP contribution in [0.1, 0.15) is 43.4 Å². The molecule has 3 rings (SSSR count). The van der Waals surface area contributed by atoms with Crippen LogP contribution in [0, 0.1) is 18.3 Å². The molecule has 2 amide bonds. The monoisotopic (exact) mass is 316 g/mol. The second kappa shape index (κ2) is 5.87. The number of hydrogen-bond donors (Lipinski definition) is 2. The molecule has 1 aliphatic carbocycles. The van der Waals surface area contributed by atoms with Gasteiger partial charge in [0.25, 0.3) is 0 Å². The molecule has 23 heavy (non-hydrogen) atoms. The Labute approximate surface area is 136 Å². The molecule has 0 spiro atoms. The second-order valence-electron chi connectivity index (χ2n) is 7.01. The summed E-state index contributed by atoms with van der Waals surface area (Å²) in [6, 6.07) is 7.82. The summed E-state index contributed by atoms with van der Waals surface area (Å²) in [5.74, 6) is -0.651. The van der Waals surface area contributed by atoms with E-state index >= 15 is 0 Å². The minimum Gasteiger partial charge on any atom is -0.481 e. The van der Waals surface area contributed by atoms with E-state index in [1.807, 2.05) is 38.1 Å². The van der Waals surface area contributed by atoms with Crippen LogP contribution in [0.25, 0.3) is 0 Å². The lowest BCUT2D eigenvalue weighted by Gasteiger charge is -2.24. The average Bonchev–Trinajstić information content (AvgIpc) is 3.05. The molecular weight excluding hydrogens is 292 g/mol. The van der Waals surface area contributed by atoms with Gasteiger partial charge in [0.2, 0.25) is 0 Å². The normalized spacial score (nSPS) is 27.6. The van der Waals surface area contributed by atoms with Gasteiger partial charge in [-0.3, -0.25) is 4.79 Å². The Bertz CT molecular complexity index is 613. The summed E-state index contributed by atoms with van der Waals surface area (Å²) in [4.78, 5) is 25.9. The molecule has 0 aromatic heterocycles. The number of carboxylic acids is 1. The Morgan fingerprint density at radius 2 is 2.04 bits per heavy atom. The Kier molecular flexibility index (Phi) is 4.04. The van der Waals surface area contributed by atoms with Gasteiger partial charge in [-0.05, 0) is 38.2 Å². The average molecular weight is 316 g/mol. The third-order valence-corrected chi connectivity index (χ3v) is 5.50. The summed E-state index contributed by atoms with van der Waals surface area (Å²) >= 11 is 0. The van der Waals surface area contributed by atoms with E-state index in [0.29, 0.717) is 19.5 Å². The largest absolute Gasteiger partial charge is 0.481 e. The zero-order chi connectivity index (χ0) is 16.6. The number of aliphatic carboxylic acids is 1. The Morgan fingerprint density at radius 3 is 2.65 bits per heavy atom. The molecule has 1 aromatic carbocycles. The van der Waals surface area contributed by atoms with Crippen LogP contribution in [-0.4, -0.2) is 35.1 Å². The zero-order valence-corrected chi connectivity index (χ0v) is 13.7. The van der Waals surface area contributed by atoms with Crippen molar-refractivity contribution in [3.8, 4) is 0 Å². The van der Waals surface area contributed by atoms with E-state index in [1.165, 1.54) is 5.56 Å². The van der Waals surface area contributed by atoms with Crippen molar-refractivity contribution in [1.82, 2.24) is 10.2 Å². The van der Waals surface area contributed by atoms with Gasteiger partial charge in [0.05, 0.1) is 11.5 Å². The van der Waals surface area contributed by atoms with Gasteiger partial charge in [0.15, 0.2) is 0 Å². The summed E-state index contributed by atoms with van der Waals surface area (Å²) in [6.45, 7) is 4.87. The first-order valence-corrected chi connectivity index (χ1v) is 8.28. The highest BCUT2D eigenvalue weighted by Crippen LogP contribution is 2.48. The molecule has 0 bridgehead atoms. The van der Waals surface area contributed by atoms with Crippen LogP contribution in [-0.2, 0) is 4.79 Å². The van der Waals surface area contributed by atoms with Crippen LogP contribution in [0.5, 0.6) is 0 Å². The Hall–Kier alpha value is -2.04. The van der Waals surface area contributed by atoms with Gasteiger partial charge in [-0.2, -0.15) is 0 Å². The molecule has 2 aliphatic rings. The molecule has 5 nitrogen and oxygen atoms in total. The van der Waals surface area contributed by atoms with E-state index < -0.39 is 11.4 Å². The number of rotatable bonds is 3. The number of amides is 2. The van der Waals surface area contributed by atoms with E-state index in [2.05, 4.69) is 5.32 Å². The van der Waals surface area contributed by atoms with E-state index in [0.717, 1.165) is 18.4 Å². The number of likely N-dealkylation sites (tertiary alicyclic amines) is 1. The molecule has 1 saturated carbocycles. The van der Waals surface area contributed by atoms with Crippen LogP contribution in [0.2, 0.25) is 0 Å². The van der Waals surface area contributed by atoms with Crippen molar-refractivity contribution in [3.63, 3.8) is 0 Å². The molecule has 1 saturated heterocycles. The molecule has 2 N–H and O–H groups in total. The van der Waals surface area contributed by atoms with Crippen molar-refractivity contribution >= 4 is 12.0 Å². The first kappa shape index (κ1) is 15.8. The fourth-order valence-corrected chi connectivity index (χ4v) is 4.01. The van der Waals surface area contributed by atoms with Gasteiger partial charge in [0.1, 0.15) is 0 Å². The fourth-order valence-electron chi connectivity index (χ4n) is 4.01. The SMILES string of the molecule is Cc1ccc(C(C)NC(=O)N2C[C@@H]3CCC[C@@]3(C(=O)O)C2)cc1. The molecule has 0 radical (unpaired) electrons. The standard InChI is InChI=1S/C18H24N2O3/c1-12-5-7-14(8-6-12)13(2)19-17(23)20-10-15-4-3-9-18(15,11-20)16(21)22/h5-8,13,15H,3-4,9-11H2,1-2H3,(H,19,23)(H,21,22)/t13?,15-,18+/m0/s1.